The predicted octanol–water partition coefficient (Wildman–Crippen LogP) is 2.08. The van der Waals surface area contributed by atoms with E-state index in [0.717, 1.165) is 5.57 Å². The molecule has 1 amide bonds. The van der Waals surface area contributed by atoms with Crippen molar-refractivity contribution in [3.63, 3.8) is 0 Å². The van der Waals surface area contributed by atoms with Crippen molar-refractivity contribution in [3.8, 4) is 0 Å². The van der Waals surface area contributed by atoms with Crippen LogP contribution >= 0.6 is 0 Å². The zero-order valence-corrected chi connectivity index (χ0v) is 10.5. The van der Waals surface area contributed by atoms with Crippen molar-refractivity contribution >= 4 is 5.91 Å². The van der Waals surface area contributed by atoms with Gasteiger partial charge in [0.25, 0.3) is 0 Å². The molecule has 0 heterocycles. The Morgan fingerprint density at radius 3 is 2.27 bits per heavy atom. The lowest BCUT2D eigenvalue weighted by molar-refractivity contribution is -0.136. The summed E-state index contributed by atoms with van der Waals surface area (Å²) in [6, 6.07) is 0.0812. The van der Waals surface area contributed by atoms with E-state index in [0.29, 0.717) is 12.5 Å². The van der Waals surface area contributed by atoms with Crippen LogP contribution in [0.3, 0.4) is 0 Å². The van der Waals surface area contributed by atoms with Gasteiger partial charge in [-0.25, -0.2) is 0 Å². The first kappa shape index (κ1) is 14.2. The average molecular weight is 213 g/mol. The van der Waals surface area contributed by atoms with Crippen LogP contribution in [0.25, 0.3) is 0 Å². The van der Waals surface area contributed by atoms with Crippen LogP contribution in [0.1, 0.15) is 27.7 Å². The largest absolute Gasteiger partial charge is 0.375 e. The van der Waals surface area contributed by atoms with Gasteiger partial charge in [-0.3, -0.25) is 4.79 Å². The van der Waals surface area contributed by atoms with Gasteiger partial charge >= 0.3 is 0 Å². The van der Waals surface area contributed by atoms with Crippen LogP contribution in [0.4, 0.5) is 0 Å². The molecule has 0 bridgehead atoms. The maximum absolute atomic E-state index is 11.7. The second-order valence-corrected chi connectivity index (χ2v) is 4.02. The number of methoxy groups -OCH3 is 1. The number of amides is 1. The fourth-order valence-corrected chi connectivity index (χ4v) is 1.56. The summed E-state index contributed by atoms with van der Waals surface area (Å²) in [4.78, 5) is 13.5. The summed E-state index contributed by atoms with van der Waals surface area (Å²) in [5.74, 6) is 0.415. The molecule has 0 aromatic carbocycles. The first-order chi connectivity index (χ1) is 6.95. The highest BCUT2D eigenvalue weighted by Gasteiger charge is 2.21. The van der Waals surface area contributed by atoms with Crippen molar-refractivity contribution in [2.75, 3.05) is 20.3 Å². The normalized spacial score (nSPS) is 12.7. The van der Waals surface area contributed by atoms with Gasteiger partial charge < -0.3 is 9.64 Å². The molecule has 0 aliphatic heterocycles. The van der Waals surface area contributed by atoms with E-state index >= 15 is 0 Å². The molecule has 3 heteroatoms. The Morgan fingerprint density at radius 2 is 1.93 bits per heavy atom. The third-order valence-corrected chi connectivity index (χ3v) is 2.67. The molecule has 1 atom stereocenters. The first-order valence-electron chi connectivity index (χ1n) is 5.42. The van der Waals surface area contributed by atoms with E-state index in [4.69, 9.17) is 4.74 Å². The monoisotopic (exact) mass is 213 g/mol. The van der Waals surface area contributed by atoms with Gasteiger partial charge in [0.2, 0.25) is 5.91 Å². The van der Waals surface area contributed by atoms with Crippen molar-refractivity contribution in [2.45, 2.75) is 33.7 Å². The molecule has 0 spiro atoms. The molecule has 0 saturated carbocycles. The van der Waals surface area contributed by atoms with Crippen molar-refractivity contribution in [3.05, 3.63) is 12.2 Å². The fourth-order valence-electron chi connectivity index (χ4n) is 1.56. The molecule has 0 radical (unpaired) electrons. The van der Waals surface area contributed by atoms with Gasteiger partial charge in [-0.2, -0.15) is 0 Å². The van der Waals surface area contributed by atoms with Crippen molar-refractivity contribution in [1.29, 1.82) is 0 Å². The van der Waals surface area contributed by atoms with Gasteiger partial charge in [0.05, 0.1) is 6.04 Å². The predicted molar refractivity (Wildman–Crippen MR) is 62.7 cm³/mol. The number of rotatable bonds is 6. The molecule has 0 saturated heterocycles. The van der Waals surface area contributed by atoms with Crippen molar-refractivity contribution in [2.24, 2.45) is 5.92 Å². The summed E-state index contributed by atoms with van der Waals surface area (Å²) in [5.41, 5.74) is 1.08. The summed E-state index contributed by atoms with van der Waals surface area (Å²) in [6.45, 7) is 13.0. The van der Waals surface area contributed by atoms with Gasteiger partial charge in [0, 0.05) is 13.7 Å². The molecule has 0 aliphatic rings. The standard InChI is InChI=1S/C12H23NO2/c1-7-13(12(14)8-15-6)11(5)10(4)9(2)3/h9,11H,4,7-8H2,1-3,5-6H3. The molecule has 15 heavy (non-hydrogen) atoms. The number of ether oxygens (including phenoxy) is 1. The maximum atomic E-state index is 11.7. The molecule has 0 aromatic rings. The molecular weight excluding hydrogens is 190 g/mol. The molecule has 0 N–H and O–H groups in total. The van der Waals surface area contributed by atoms with Gasteiger partial charge in [0.15, 0.2) is 0 Å². The quantitative estimate of drug-likeness (QED) is 0.632. The number of hydrogen-bond donors (Lipinski definition) is 0. The van der Waals surface area contributed by atoms with E-state index in [1.165, 1.54) is 7.11 Å². The van der Waals surface area contributed by atoms with Crippen LogP contribution in [0, 0.1) is 5.92 Å². The second-order valence-electron chi connectivity index (χ2n) is 4.02. The number of carbonyl (C=O) groups is 1. The van der Waals surface area contributed by atoms with Crippen LogP contribution in [0.15, 0.2) is 12.2 Å². The summed E-state index contributed by atoms with van der Waals surface area (Å²) in [6.07, 6.45) is 0. The third kappa shape index (κ3) is 4.04. The lowest BCUT2D eigenvalue weighted by Gasteiger charge is -2.31. The lowest BCUT2D eigenvalue weighted by atomic mass is 9.97. The number of hydrogen-bond acceptors (Lipinski definition) is 2. The highest BCUT2D eigenvalue weighted by atomic mass is 16.5. The number of nitrogens with zero attached hydrogens (tertiary/aromatic N) is 1. The van der Waals surface area contributed by atoms with Gasteiger partial charge in [-0.15, -0.1) is 0 Å². The van der Waals surface area contributed by atoms with Gasteiger partial charge in [-0.05, 0) is 19.8 Å². The van der Waals surface area contributed by atoms with Crippen LogP contribution in [-0.2, 0) is 9.53 Å². The fraction of sp³-hybridized carbons (Fsp3) is 0.750. The Kier molecular flexibility index (Phi) is 6.25. The smallest absolute Gasteiger partial charge is 0.249 e. The van der Waals surface area contributed by atoms with Gasteiger partial charge in [-0.1, -0.05) is 26.0 Å². The van der Waals surface area contributed by atoms with E-state index in [9.17, 15) is 4.79 Å². The minimum Gasteiger partial charge on any atom is -0.375 e. The second kappa shape index (κ2) is 6.62. The molecule has 1 unspecified atom stereocenters. The minimum absolute atomic E-state index is 0.0225. The lowest BCUT2D eigenvalue weighted by Crippen LogP contribution is -2.42. The molecule has 88 valence electrons. The molecular formula is C12H23NO2. The molecule has 0 aromatic heterocycles. The van der Waals surface area contributed by atoms with E-state index in [1.807, 2.05) is 13.8 Å². The summed E-state index contributed by atoms with van der Waals surface area (Å²) < 4.78 is 4.86. The Hall–Kier alpha value is -0.830. The molecule has 0 rings (SSSR count). The summed E-state index contributed by atoms with van der Waals surface area (Å²) in [7, 11) is 1.54. The van der Waals surface area contributed by atoms with E-state index in [1.54, 1.807) is 4.90 Å². The SMILES string of the molecule is C=C(C(C)C)C(C)N(CC)C(=O)COC. The summed E-state index contributed by atoms with van der Waals surface area (Å²) in [5, 5.41) is 0. The Balaban J connectivity index is 4.53. The number of carbonyl (C=O) groups excluding carboxylic acids is 1. The highest BCUT2D eigenvalue weighted by Crippen LogP contribution is 2.16. The van der Waals surface area contributed by atoms with Crippen LogP contribution in [0.2, 0.25) is 0 Å². The minimum atomic E-state index is 0.0225. The van der Waals surface area contributed by atoms with Crippen molar-refractivity contribution in [1.82, 2.24) is 4.90 Å². The van der Waals surface area contributed by atoms with E-state index < -0.39 is 0 Å². The summed E-state index contributed by atoms with van der Waals surface area (Å²) >= 11 is 0. The number of likely N-dealkylation sites (N-methyl/N-ethyl adjacent to an activating group) is 1. The first-order valence-corrected chi connectivity index (χ1v) is 5.42. The third-order valence-electron chi connectivity index (χ3n) is 2.67. The molecule has 0 aliphatic carbocycles. The Morgan fingerprint density at radius 1 is 1.40 bits per heavy atom. The highest BCUT2D eigenvalue weighted by molar-refractivity contribution is 5.78. The maximum Gasteiger partial charge on any atom is 0.249 e. The van der Waals surface area contributed by atoms with Crippen LogP contribution in [0.5, 0.6) is 0 Å². The molecule has 0 fully saturated rings. The van der Waals surface area contributed by atoms with Crippen LogP contribution < -0.4 is 0 Å². The molecule has 3 nitrogen and oxygen atoms in total. The van der Waals surface area contributed by atoms with Crippen LogP contribution in [-0.4, -0.2) is 37.1 Å². The Bertz CT molecular complexity index is 224. The zero-order chi connectivity index (χ0) is 12.0. The zero-order valence-electron chi connectivity index (χ0n) is 10.5. The topological polar surface area (TPSA) is 29.5 Å². The van der Waals surface area contributed by atoms with E-state index in [2.05, 4.69) is 20.4 Å². The van der Waals surface area contributed by atoms with Gasteiger partial charge in [0.1, 0.15) is 6.61 Å². The van der Waals surface area contributed by atoms with Crippen molar-refractivity contribution < 1.29 is 9.53 Å². The van der Waals surface area contributed by atoms with E-state index in [-0.39, 0.29) is 18.6 Å². The Labute approximate surface area is 93.1 Å². The average Bonchev–Trinajstić information content (AvgIpc) is 2.17.